The molecule has 0 aliphatic carbocycles. The van der Waals surface area contributed by atoms with Gasteiger partial charge in [-0.2, -0.15) is 0 Å². The highest BCUT2D eigenvalue weighted by molar-refractivity contribution is 6.22. The van der Waals surface area contributed by atoms with E-state index in [1.165, 1.54) is 12.1 Å². The monoisotopic (exact) mass is 193 g/mol. The van der Waals surface area contributed by atoms with Gasteiger partial charge in [0.2, 0.25) is 5.78 Å². The normalized spacial score (nSPS) is 24.2. The maximum Gasteiger partial charge on any atom is 0.365 e. The van der Waals surface area contributed by atoms with Gasteiger partial charge in [0.1, 0.15) is 0 Å². The first-order chi connectivity index (χ1) is 6.55. The summed E-state index contributed by atoms with van der Waals surface area (Å²) in [6.45, 7) is 0. The lowest BCUT2D eigenvalue weighted by Crippen LogP contribution is -2.49. The Hall–Kier alpha value is -1.88. The molecule has 1 aromatic carbocycles. The standard InChI is InChI=1S/C9H7NO4/c11-7-5-3-1-2-4-6(5)10-9(7,14)8(12)13/h1-4,10,14H,(H,12,13). The Morgan fingerprint density at radius 1 is 1.36 bits per heavy atom. The third kappa shape index (κ3) is 0.928. The molecule has 1 heterocycles. The van der Waals surface area contributed by atoms with E-state index in [2.05, 4.69) is 5.32 Å². The summed E-state index contributed by atoms with van der Waals surface area (Å²) in [5.74, 6) is -2.43. The second-order valence-corrected chi connectivity index (χ2v) is 3.02. The number of benzene rings is 1. The third-order valence-electron chi connectivity index (χ3n) is 2.13. The highest BCUT2D eigenvalue weighted by Crippen LogP contribution is 2.30. The van der Waals surface area contributed by atoms with Crippen molar-refractivity contribution in [3.8, 4) is 0 Å². The minimum atomic E-state index is -2.51. The van der Waals surface area contributed by atoms with Crippen LogP contribution in [0.2, 0.25) is 0 Å². The van der Waals surface area contributed by atoms with Gasteiger partial charge in [0, 0.05) is 11.3 Å². The molecule has 5 heteroatoms. The van der Waals surface area contributed by atoms with Gasteiger partial charge in [-0.3, -0.25) is 4.79 Å². The number of para-hydroxylation sites is 1. The fourth-order valence-electron chi connectivity index (χ4n) is 1.39. The van der Waals surface area contributed by atoms with Crippen molar-refractivity contribution >= 4 is 17.4 Å². The molecule has 3 N–H and O–H groups in total. The molecular formula is C9H7NO4. The van der Waals surface area contributed by atoms with Crippen LogP contribution in [0.4, 0.5) is 5.69 Å². The number of carbonyl (C=O) groups excluding carboxylic acids is 1. The molecule has 1 aliphatic rings. The number of anilines is 1. The molecule has 1 aliphatic heterocycles. The predicted molar refractivity (Wildman–Crippen MR) is 47.0 cm³/mol. The molecule has 0 aromatic heterocycles. The van der Waals surface area contributed by atoms with Gasteiger partial charge in [-0.15, -0.1) is 0 Å². The average Bonchev–Trinajstić information content (AvgIpc) is 2.42. The van der Waals surface area contributed by atoms with Gasteiger partial charge in [0.15, 0.2) is 0 Å². The molecule has 0 spiro atoms. The van der Waals surface area contributed by atoms with Gasteiger partial charge in [-0.1, -0.05) is 12.1 Å². The van der Waals surface area contributed by atoms with Crippen LogP contribution in [0.15, 0.2) is 24.3 Å². The highest BCUT2D eigenvalue weighted by atomic mass is 16.4. The molecule has 1 atom stereocenters. The number of ketones is 1. The Kier molecular flexibility index (Phi) is 1.59. The first kappa shape index (κ1) is 8.71. The number of carboxylic acid groups (broad SMARTS) is 1. The second-order valence-electron chi connectivity index (χ2n) is 3.02. The van der Waals surface area contributed by atoms with E-state index in [0.717, 1.165) is 0 Å². The van der Waals surface area contributed by atoms with Gasteiger partial charge in [0.25, 0.3) is 0 Å². The number of fused-ring (bicyclic) bond motifs is 1. The van der Waals surface area contributed by atoms with E-state index in [-0.39, 0.29) is 5.56 Å². The Bertz CT molecular complexity index is 429. The summed E-state index contributed by atoms with van der Waals surface area (Å²) >= 11 is 0. The van der Waals surface area contributed by atoms with Crippen LogP contribution < -0.4 is 5.32 Å². The highest BCUT2D eigenvalue weighted by Gasteiger charge is 2.50. The van der Waals surface area contributed by atoms with Crippen LogP contribution in [0.3, 0.4) is 0 Å². The van der Waals surface area contributed by atoms with E-state index in [0.29, 0.717) is 5.69 Å². The topological polar surface area (TPSA) is 86.6 Å². The molecule has 1 aromatic rings. The SMILES string of the molecule is O=C(O)C1(O)Nc2ccccc2C1=O. The number of hydrogen-bond donors (Lipinski definition) is 3. The van der Waals surface area contributed by atoms with E-state index in [4.69, 9.17) is 5.11 Å². The van der Waals surface area contributed by atoms with E-state index in [9.17, 15) is 14.7 Å². The predicted octanol–water partition coefficient (Wildman–Crippen LogP) is 0.0680. The molecule has 0 saturated heterocycles. The summed E-state index contributed by atoms with van der Waals surface area (Å²) in [5.41, 5.74) is -1.98. The molecule has 14 heavy (non-hydrogen) atoms. The Morgan fingerprint density at radius 2 is 2.00 bits per heavy atom. The van der Waals surface area contributed by atoms with Gasteiger partial charge >= 0.3 is 11.7 Å². The first-order valence-corrected chi connectivity index (χ1v) is 3.93. The molecule has 0 amide bonds. The summed E-state index contributed by atoms with van der Waals surface area (Å²) in [4.78, 5) is 22.1. The van der Waals surface area contributed by atoms with Crippen molar-refractivity contribution in [2.45, 2.75) is 5.72 Å². The number of hydrogen-bond acceptors (Lipinski definition) is 4. The number of aliphatic carboxylic acids is 1. The van der Waals surface area contributed by atoms with Crippen LogP contribution in [0.5, 0.6) is 0 Å². The van der Waals surface area contributed by atoms with Crippen molar-refractivity contribution in [3.63, 3.8) is 0 Å². The van der Waals surface area contributed by atoms with E-state index in [1.807, 2.05) is 0 Å². The zero-order valence-corrected chi connectivity index (χ0v) is 7.02. The zero-order valence-electron chi connectivity index (χ0n) is 7.02. The van der Waals surface area contributed by atoms with Gasteiger partial charge in [-0.05, 0) is 12.1 Å². The second kappa shape index (κ2) is 2.55. The fourth-order valence-corrected chi connectivity index (χ4v) is 1.39. The van der Waals surface area contributed by atoms with Crippen LogP contribution in [0.1, 0.15) is 10.4 Å². The lowest BCUT2D eigenvalue weighted by molar-refractivity contribution is -0.150. The number of aliphatic hydroxyl groups is 1. The first-order valence-electron chi connectivity index (χ1n) is 3.93. The van der Waals surface area contributed by atoms with Crippen molar-refractivity contribution in [3.05, 3.63) is 29.8 Å². The molecule has 0 saturated carbocycles. The number of Topliss-reactive ketones (excluding diaryl/α,β-unsaturated/α-hetero) is 1. The molecule has 0 bridgehead atoms. The van der Waals surface area contributed by atoms with E-state index >= 15 is 0 Å². The lowest BCUT2D eigenvalue weighted by Gasteiger charge is -2.15. The minimum absolute atomic E-state index is 0.192. The molecule has 0 radical (unpaired) electrons. The van der Waals surface area contributed by atoms with E-state index < -0.39 is 17.5 Å². The Balaban J connectivity index is 2.54. The molecule has 2 rings (SSSR count). The summed E-state index contributed by atoms with van der Waals surface area (Å²) in [7, 11) is 0. The maximum absolute atomic E-state index is 11.5. The quantitative estimate of drug-likeness (QED) is 0.549. The Morgan fingerprint density at radius 3 is 2.57 bits per heavy atom. The Labute approximate surface area is 79.0 Å². The maximum atomic E-state index is 11.5. The summed E-state index contributed by atoms with van der Waals surface area (Å²) < 4.78 is 0. The third-order valence-corrected chi connectivity index (χ3v) is 2.13. The van der Waals surface area contributed by atoms with Gasteiger partial charge in [-0.25, -0.2) is 4.79 Å². The molecule has 72 valence electrons. The molecule has 5 nitrogen and oxygen atoms in total. The summed E-state index contributed by atoms with van der Waals surface area (Å²) in [6.07, 6.45) is 0. The minimum Gasteiger partial charge on any atom is -0.477 e. The van der Waals surface area contributed by atoms with Gasteiger partial charge < -0.3 is 15.5 Å². The number of carbonyl (C=O) groups is 2. The number of rotatable bonds is 1. The molecule has 0 fully saturated rings. The van der Waals surface area contributed by atoms with Crippen LogP contribution in [0.25, 0.3) is 0 Å². The van der Waals surface area contributed by atoms with Crippen molar-refractivity contribution in [2.75, 3.05) is 5.32 Å². The van der Waals surface area contributed by atoms with Crippen LogP contribution in [-0.2, 0) is 4.79 Å². The number of carboxylic acids is 1. The molecular weight excluding hydrogens is 186 g/mol. The summed E-state index contributed by atoms with van der Waals surface area (Å²) in [5, 5.41) is 20.4. The van der Waals surface area contributed by atoms with E-state index in [1.54, 1.807) is 12.1 Å². The van der Waals surface area contributed by atoms with Crippen LogP contribution >= 0.6 is 0 Å². The van der Waals surface area contributed by atoms with Crippen molar-refractivity contribution in [1.29, 1.82) is 0 Å². The van der Waals surface area contributed by atoms with Crippen LogP contribution in [-0.4, -0.2) is 27.7 Å². The van der Waals surface area contributed by atoms with Crippen molar-refractivity contribution < 1.29 is 19.8 Å². The van der Waals surface area contributed by atoms with Gasteiger partial charge in [0.05, 0.1) is 0 Å². The average molecular weight is 193 g/mol. The zero-order chi connectivity index (χ0) is 10.3. The fraction of sp³-hybridized carbons (Fsp3) is 0.111. The van der Waals surface area contributed by atoms with Crippen LogP contribution in [0, 0.1) is 0 Å². The number of nitrogens with one attached hydrogen (secondary N) is 1. The largest absolute Gasteiger partial charge is 0.477 e. The van der Waals surface area contributed by atoms with Crippen molar-refractivity contribution in [2.24, 2.45) is 0 Å². The summed E-state index contributed by atoms with van der Waals surface area (Å²) in [6, 6.07) is 6.25. The molecule has 1 unspecified atom stereocenters. The smallest absolute Gasteiger partial charge is 0.365 e. The lowest BCUT2D eigenvalue weighted by atomic mass is 10.1. The van der Waals surface area contributed by atoms with Crippen molar-refractivity contribution in [1.82, 2.24) is 0 Å².